The molecule has 2 aromatic heterocycles. The summed E-state index contributed by atoms with van der Waals surface area (Å²) in [6, 6.07) is 3.57. The van der Waals surface area contributed by atoms with Gasteiger partial charge in [-0.25, -0.2) is 0 Å². The third-order valence-corrected chi connectivity index (χ3v) is 4.20. The molecule has 1 amide bonds. The van der Waals surface area contributed by atoms with Crippen LogP contribution in [0.2, 0.25) is 0 Å². The Kier molecular flexibility index (Phi) is 4.55. The smallest absolute Gasteiger partial charge is 0.233 e. The summed E-state index contributed by atoms with van der Waals surface area (Å²) in [5, 5.41) is 14.8. The second-order valence-electron chi connectivity index (χ2n) is 5.84. The van der Waals surface area contributed by atoms with Gasteiger partial charge in [-0.2, -0.15) is 10.2 Å². The van der Waals surface area contributed by atoms with Crippen LogP contribution in [0.15, 0.2) is 18.3 Å². The van der Waals surface area contributed by atoms with Crippen molar-refractivity contribution >= 4 is 5.91 Å². The standard InChI is InChI=1S/C16H21N5O2/c1-11-14(12(2)19-18-11)5-6-16(22)21-9-7-13(10-21)23-15-4-3-8-17-20-15/h3-4,8,13H,5-7,9-10H2,1-2H3,(H,18,19)/t13-/m1/s1. The van der Waals surface area contributed by atoms with Crippen molar-refractivity contribution in [3.8, 4) is 5.88 Å². The summed E-state index contributed by atoms with van der Waals surface area (Å²) in [6.45, 7) is 5.29. The lowest BCUT2D eigenvalue weighted by Crippen LogP contribution is -2.31. The van der Waals surface area contributed by atoms with E-state index in [1.807, 2.05) is 18.7 Å². The highest BCUT2D eigenvalue weighted by molar-refractivity contribution is 5.76. The molecule has 1 fully saturated rings. The summed E-state index contributed by atoms with van der Waals surface area (Å²) in [5.41, 5.74) is 3.16. The Balaban J connectivity index is 1.49. The van der Waals surface area contributed by atoms with Crippen molar-refractivity contribution in [3.63, 3.8) is 0 Å². The molecule has 2 aromatic rings. The van der Waals surface area contributed by atoms with Crippen molar-refractivity contribution in [3.05, 3.63) is 35.3 Å². The molecule has 1 aliphatic rings. The largest absolute Gasteiger partial charge is 0.471 e. The maximum Gasteiger partial charge on any atom is 0.233 e. The first-order valence-electron chi connectivity index (χ1n) is 7.86. The zero-order valence-electron chi connectivity index (χ0n) is 13.5. The minimum atomic E-state index is -0.00644. The molecule has 1 N–H and O–H groups in total. The molecule has 0 saturated carbocycles. The van der Waals surface area contributed by atoms with E-state index in [1.54, 1.807) is 18.3 Å². The topological polar surface area (TPSA) is 84.0 Å². The van der Waals surface area contributed by atoms with Gasteiger partial charge in [0.2, 0.25) is 11.8 Å². The number of carbonyl (C=O) groups is 1. The predicted molar refractivity (Wildman–Crippen MR) is 84.0 cm³/mol. The first-order valence-corrected chi connectivity index (χ1v) is 7.86. The van der Waals surface area contributed by atoms with E-state index < -0.39 is 0 Å². The van der Waals surface area contributed by atoms with Crippen LogP contribution in [0.5, 0.6) is 5.88 Å². The van der Waals surface area contributed by atoms with Crippen LogP contribution in [0.4, 0.5) is 0 Å². The first kappa shape index (κ1) is 15.5. The van der Waals surface area contributed by atoms with E-state index in [9.17, 15) is 4.79 Å². The molecule has 0 aliphatic carbocycles. The zero-order chi connectivity index (χ0) is 16.2. The van der Waals surface area contributed by atoms with Crippen LogP contribution in [0.1, 0.15) is 29.8 Å². The van der Waals surface area contributed by atoms with E-state index >= 15 is 0 Å². The minimum absolute atomic E-state index is 0.00644. The Morgan fingerprint density at radius 1 is 1.48 bits per heavy atom. The van der Waals surface area contributed by atoms with Gasteiger partial charge in [0, 0.05) is 37.3 Å². The Bertz CT molecular complexity index is 651. The molecule has 7 heteroatoms. The van der Waals surface area contributed by atoms with E-state index in [0.717, 1.165) is 36.3 Å². The number of H-pyrrole nitrogens is 1. The van der Waals surface area contributed by atoms with E-state index in [0.29, 0.717) is 18.8 Å². The van der Waals surface area contributed by atoms with Crippen LogP contribution in [0.3, 0.4) is 0 Å². The molecule has 3 rings (SSSR count). The number of aromatic amines is 1. The minimum Gasteiger partial charge on any atom is -0.471 e. The van der Waals surface area contributed by atoms with Crippen LogP contribution in [0, 0.1) is 13.8 Å². The molecule has 1 aliphatic heterocycles. The van der Waals surface area contributed by atoms with Crippen LogP contribution in [-0.4, -0.2) is 50.4 Å². The second-order valence-corrected chi connectivity index (χ2v) is 5.84. The Morgan fingerprint density at radius 3 is 3.04 bits per heavy atom. The van der Waals surface area contributed by atoms with Gasteiger partial charge in [0.25, 0.3) is 0 Å². The molecule has 1 atom stereocenters. The summed E-state index contributed by atoms with van der Waals surface area (Å²) < 4.78 is 5.76. The Morgan fingerprint density at radius 2 is 2.35 bits per heavy atom. The molecule has 0 spiro atoms. The molecule has 0 radical (unpaired) electrons. The van der Waals surface area contributed by atoms with Gasteiger partial charge in [-0.05, 0) is 31.9 Å². The highest BCUT2D eigenvalue weighted by Crippen LogP contribution is 2.18. The van der Waals surface area contributed by atoms with Crippen molar-refractivity contribution in [1.82, 2.24) is 25.3 Å². The fraction of sp³-hybridized carbons (Fsp3) is 0.500. The Hall–Kier alpha value is -2.44. The SMILES string of the molecule is Cc1n[nH]c(C)c1CCC(=O)N1CC[C@@H](Oc2cccnn2)C1. The van der Waals surface area contributed by atoms with Crippen LogP contribution in [-0.2, 0) is 11.2 Å². The highest BCUT2D eigenvalue weighted by Gasteiger charge is 2.27. The number of amides is 1. The van der Waals surface area contributed by atoms with Crippen molar-refractivity contribution in [2.45, 2.75) is 39.2 Å². The molecular weight excluding hydrogens is 294 g/mol. The van der Waals surface area contributed by atoms with Crippen molar-refractivity contribution in [2.24, 2.45) is 0 Å². The van der Waals surface area contributed by atoms with Gasteiger partial charge in [-0.3, -0.25) is 9.89 Å². The van der Waals surface area contributed by atoms with Crippen molar-refractivity contribution < 1.29 is 9.53 Å². The zero-order valence-corrected chi connectivity index (χ0v) is 13.5. The van der Waals surface area contributed by atoms with Gasteiger partial charge in [0.05, 0.1) is 12.2 Å². The number of aromatic nitrogens is 4. The number of rotatable bonds is 5. The fourth-order valence-electron chi connectivity index (χ4n) is 2.90. The van der Waals surface area contributed by atoms with Crippen LogP contribution >= 0.6 is 0 Å². The summed E-state index contributed by atoms with van der Waals surface area (Å²) >= 11 is 0. The average molecular weight is 315 g/mol. The molecule has 23 heavy (non-hydrogen) atoms. The molecule has 122 valence electrons. The van der Waals surface area contributed by atoms with E-state index in [2.05, 4.69) is 20.4 Å². The number of likely N-dealkylation sites (tertiary alicyclic amines) is 1. The number of nitrogens with one attached hydrogen (secondary N) is 1. The lowest BCUT2D eigenvalue weighted by Gasteiger charge is -2.17. The maximum absolute atomic E-state index is 12.4. The number of aryl methyl sites for hydroxylation is 2. The highest BCUT2D eigenvalue weighted by atomic mass is 16.5. The summed E-state index contributed by atoms with van der Waals surface area (Å²) in [6.07, 6.45) is 3.65. The summed E-state index contributed by atoms with van der Waals surface area (Å²) in [5.74, 6) is 0.673. The molecule has 0 unspecified atom stereocenters. The monoisotopic (exact) mass is 315 g/mol. The van der Waals surface area contributed by atoms with E-state index in [1.165, 1.54) is 0 Å². The lowest BCUT2D eigenvalue weighted by molar-refractivity contribution is -0.130. The number of hydrogen-bond acceptors (Lipinski definition) is 5. The van der Waals surface area contributed by atoms with Gasteiger partial charge in [-0.1, -0.05) is 0 Å². The third-order valence-electron chi connectivity index (χ3n) is 4.20. The van der Waals surface area contributed by atoms with Gasteiger partial charge >= 0.3 is 0 Å². The number of carbonyl (C=O) groups excluding carboxylic acids is 1. The molecular formula is C16H21N5O2. The molecule has 1 saturated heterocycles. The lowest BCUT2D eigenvalue weighted by atomic mass is 10.1. The summed E-state index contributed by atoms with van der Waals surface area (Å²) in [4.78, 5) is 14.2. The van der Waals surface area contributed by atoms with Crippen molar-refractivity contribution in [2.75, 3.05) is 13.1 Å². The first-order chi connectivity index (χ1) is 11.1. The van der Waals surface area contributed by atoms with E-state index in [4.69, 9.17) is 4.74 Å². The second kappa shape index (κ2) is 6.76. The average Bonchev–Trinajstić information content (AvgIpc) is 3.14. The van der Waals surface area contributed by atoms with Crippen LogP contribution < -0.4 is 4.74 Å². The molecule has 0 bridgehead atoms. The number of hydrogen-bond donors (Lipinski definition) is 1. The van der Waals surface area contributed by atoms with Crippen molar-refractivity contribution in [1.29, 1.82) is 0 Å². The number of nitrogens with zero attached hydrogens (tertiary/aromatic N) is 4. The van der Waals surface area contributed by atoms with Crippen LogP contribution in [0.25, 0.3) is 0 Å². The van der Waals surface area contributed by atoms with Gasteiger partial charge in [0.1, 0.15) is 6.10 Å². The van der Waals surface area contributed by atoms with Gasteiger partial charge in [-0.15, -0.1) is 5.10 Å². The molecule has 7 nitrogen and oxygen atoms in total. The normalized spacial score (nSPS) is 17.5. The maximum atomic E-state index is 12.4. The van der Waals surface area contributed by atoms with Gasteiger partial charge in [0.15, 0.2) is 0 Å². The fourth-order valence-corrected chi connectivity index (χ4v) is 2.90. The summed E-state index contributed by atoms with van der Waals surface area (Å²) in [7, 11) is 0. The molecule has 3 heterocycles. The third kappa shape index (κ3) is 3.67. The predicted octanol–water partition coefficient (Wildman–Crippen LogP) is 1.43. The Labute approximate surface area is 135 Å². The molecule has 0 aromatic carbocycles. The van der Waals surface area contributed by atoms with Gasteiger partial charge < -0.3 is 9.64 Å². The van der Waals surface area contributed by atoms with E-state index in [-0.39, 0.29) is 12.0 Å². The quantitative estimate of drug-likeness (QED) is 0.902. The number of ether oxygens (including phenoxy) is 1.